The summed E-state index contributed by atoms with van der Waals surface area (Å²) in [6.07, 6.45) is 0.727. The maximum absolute atomic E-state index is 10.5. The van der Waals surface area contributed by atoms with Gasteiger partial charge in [-0.1, -0.05) is 0 Å². The molecule has 0 bridgehead atoms. The number of hydrogen-bond acceptors (Lipinski definition) is 4. The van der Waals surface area contributed by atoms with Crippen molar-refractivity contribution in [3.8, 4) is 0 Å². The predicted octanol–water partition coefficient (Wildman–Crippen LogP) is -1.43. The van der Waals surface area contributed by atoms with E-state index >= 15 is 0 Å². The second-order valence-corrected chi connectivity index (χ2v) is 4.50. The highest BCUT2D eigenvalue weighted by Crippen LogP contribution is 2.08. The van der Waals surface area contributed by atoms with Crippen LogP contribution in [0, 0.1) is 0 Å². The molecule has 1 heterocycles. The fourth-order valence-corrected chi connectivity index (χ4v) is 2.26. The Morgan fingerprint density at radius 2 is 2.10 bits per heavy atom. The Kier molecular flexibility index (Phi) is 2.05. The van der Waals surface area contributed by atoms with Gasteiger partial charge in [-0.3, -0.25) is 0 Å². The van der Waals surface area contributed by atoms with E-state index in [0.29, 0.717) is 0 Å². The molecule has 58 valence electrons. The number of carbonyl (C=O) groups excluding carboxylic acids is 1. The van der Waals surface area contributed by atoms with Crippen LogP contribution in [0.2, 0.25) is 0 Å². The van der Waals surface area contributed by atoms with Gasteiger partial charge < -0.3 is 10.1 Å². The predicted molar refractivity (Wildman–Crippen MR) is 36.5 cm³/mol. The molecule has 1 saturated heterocycles. The lowest BCUT2D eigenvalue weighted by Gasteiger charge is -2.25. The zero-order valence-corrected chi connectivity index (χ0v) is 6.23. The van der Waals surface area contributed by atoms with Crippen LogP contribution < -0.4 is 5.32 Å². The summed E-state index contributed by atoms with van der Waals surface area (Å²) in [5, 5.41) is 2.78. The van der Waals surface area contributed by atoms with Crippen molar-refractivity contribution in [1.29, 1.82) is 0 Å². The van der Waals surface area contributed by atoms with Gasteiger partial charge in [-0.25, -0.2) is 8.42 Å². The van der Waals surface area contributed by atoms with Crippen molar-refractivity contribution in [1.82, 2.24) is 5.32 Å². The molecule has 10 heavy (non-hydrogen) atoms. The van der Waals surface area contributed by atoms with Crippen LogP contribution in [0.5, 0.6) is 0 Å². The van der Waals surface area contributed by atoms with E-state index in [1.807, 2.05) is 0 Å². The molecule has 0 aromatic rings. The number of nitrogens with one attached hydrogen (secondary N) is 1. The van der Waals surface area contributed by atoms with E-state index < -0.39 is 9.84 Å². The first-order chi connectivity index (χ1) is 4.64. The minimum Gasteiger partial charge on any atom is -0.305 e. The largest absolute Gasteiger partial charge is 0.305 e. The van der Waals surface area contributed by atoms with Crippen LogP contribution in [-0.2, 0) is 14.6 Å². The summed E-state index contributed by atoms with van der Waals surface area (Å²) in [4.78, 5) is 9.80. The van der Waals surface area contributed by atoms with Gasteiger partial charge >= 0.3 is 0 Å². The van der Waals surface area contributed by atoms with Crippen LogP contribution >= 0.6 is 0 Å². The number of aldehydes is 1. The van der Waals surface area contributed by atoms with Crippen molar-refractivity contribution < 1.29 is 13.2 Å². The second-order valence-electron chi connectivity index (χ2n) is 2.35. The summed E-state index contributed by atoms with van der Waals surface area (Å²) in [5.41, 5.74) is 0. The Balaban J connectivity index is 2.21. The first-order valence-corrected chi connectivity index (χ1v) is 4.83. The average molecular weight is 163 g/mol. The fourth-order valence-electron chi connectivity index (χ4n) is 0.897. The third-order valence-corrected chi connectivity index (χ3v) is 3.22. The quantitative estimate of drug-likeness (QED) is 0.518. The van der Waals surface area contributed by atoms with Gasteiger partial charge in [0, 0.05) is 6.04 Å². The molecule has 1 aliphatic rings. The summed E-state index contributed by atoms with van der Waals surface area (Å²) < 4.78 is 21.1. The molecule has 0 saturated carbocycles. The SMILES string of the molecule is O=CCNC1CS(=O)(=O)C1. The van der Waals surface area contributed by atoms with E-state index in [1.165, 1.54) is 0 Å². The summed E-state index contributed by atoms with van der Waals surface area (Å²) >= 11 is 0. The molecule has 0 aromatic heterocycles. The van der Waals surface area contributed by atoms with Crippen molar-refractivity contribution in [3.05, 3.63) is 0 Å². The van der Waals surface area contributed by atoms with E-state index in [1.54, 1.807) is 0 Å². The summed E-state index contributed by atoms with van der Waals surface area (Å²) in [5.74, 6) is 0.363. The third kappa shape index (κ3) is 1.78. The molecule has 0 unspecified atom stereocenters. The molecule has 0 spiro atoms. The van der Waals surface area contributed by atoms with Gasteiger partial charge in [0.2, 0.25) is 0 Å². The summed E-state index contributed by atoms with van der Waals surface area (Å²) in [6, 6.07) is 0.00944. The zero-order valence-electron chi connectivity index (χ0n) is 5.41. The lowest BCUT2D eigenvalue weighted by Crippen LogP contribution is -2.51. The van der Waals surface area contributed by atoms with E-state index in [2.05, 4.69) is 5.32 Å². The second kappa shape index (κ2) is 2.67. The molecule has 4 nitrogen and oxygen atoms in total. The van der Waals surface area contributed by atoms with E-state index in [0.717, 1.165) is 6.29 Å². The van der Waals surface area contributed by atoms with Crippen molar-refractivity contribution in [2.24, 2.45) is 0 Å². The van der Waals surface area contributed by atoms with Crippen molar-refractivity contribution in [2.45, 2.75) is 6.04 Å². The normalized spacial score (nSPS) is 23.6. The molecule has 0 radical (unpaired) electrons. The van der Waals surface area contributed by atoms with Crippen LogP contribution in [0.3, 0.4) is 0 Å². The smallest absolute Gasteiger partial charge is 0.153 e. The molecular formula is C5H9NO3S. The van der Waals surface area contributed by atoms with Crippen molar-refractivity contribution in [3.63, 3.8) is 0 Å². The lowest BCUT2D eigenvalue weighted by atomic mass is 10.4. The first-order valence-electron chi connectivity index (χ1n) is 3.01. The molecule has 0 amide bonds. The van der Waals surface area contributed by atoms with Gasteiger partial charge in [-0.05, 0) is 0 Å². The molecule has 1 N–H and O–H groups in total. The first kappa shape index (κ1) is 7.68. The Bertz CT molecular complexity index is 209. The van der Waals surface area contributed by atoms with Gasteiger partial charge in [0.15, 0.2) is 9.84 Å². The fraction of sp³-hybridized carbons (Fsp3) is 0.800. The Morgan fingerprint density at radius 1 is 1.50 bits per heavy atom. The average Bonchev–Trinajstić information content (AvgIpc) is 1.78. The topological polar surface area (TPSA) is 63.2 Å². The molecule has 1 fully saturated rings. The number of hydrogen-bond donors (Lipinski definition) is 1. The van der Waals surface area contributed by atoms with Crippen LogP contribution in [-0.4, -0.2) is 38.8 Å². The molecule has 1 aliphatic heterocycles. The van der Waals surface area contributed by atoms with Gasteiger partial charge in [-0.2, -0.15) is 0 Å². The Labute approximate surface area is 59.5 Å². The Hall–Kier alpha value is -0.420. The lowest BCUT2D eigenvalue weighted by molar-refractivity contribution is -0.107. The van der Waals surface area contributed by atoms with Crippen LogP contribution in [0.15, 0.2) is 0 Å². The maximum Gasteiger partial charge on any atom is 0.153 e. The molecule has 0 aromatic carbocycles. The standard InChI is InChI=1S/C5H9NO3S/c7-2-1-6-5-3-10(8,9)4-5/h2,5-6H,1,3-4H2. The van der Waals surface area contributed by atoms with E-state index in [9.17, 15) is 13.2 Å². The maximum atomic E-state index is 10.5. The molecular weight excluding hydrogens is 154 g/mol. The molecule has 1 rings (SSSR count). The molecule has 0 aliphatic carbocycles. The number of rotatable bonds is 3. The summed E-state index contributed by atoms with van der Waals surface area (Å²) in [6.45, 7) is 0.250. The molecule has 0 atom stereocenters. The van der Waals surface area contributed by atoms with Crippen LogP contribution in [0.25, 0.3) is 0 Å². The molecule has 5 heteroatoms. The number of carbonyl (C=O) groups is 1. The minimum atomic E-state index is -2.74. The van der Waals surface area contributed by atoms with Gasteiger partial charge in [0.1, 0.15) is 6.29 Å². The van der Waals surface area contributed by atoms with Gasteiger partial charge in [-0.15, -0.1) is 0 Å². The van der Waals surface area contributed by atoms with Crippen molar-refractivity contribution >= 4 is 16.1 Å². The van der Waals surface area contributed by atoms with Crippen LogP contribution in [0.4, 0.5) is 0 Å². The van der Waals surface area contributed by atoms with Gasteiger partial charge in [0.05, 0.1) is 18.1 Å². The highest BCUT2D eigenvalue weighted by molar-refractivity contribution is 7.92. The highest BCUT2D eigenvalue weighted by Gasteiger charge is 2.32. The third-order valence-electron chi connectivity index (χ3n) is 1.40. The van der Waals surface area contributed by atoms with E-state index in [4.69, 9.17) is 0 Å². The number of sulfone groups is 1. The summed E-state index contributed by atoms with van der Waals surface area (Å²) in [7, 11) is -2.74. The van der Waals surface area contributed by atoms with Gasteiger partial charge in [0.25, 0.3) is 0 Å². The van der Waals surface area contributed by atoms with Crippen molar-refractivity contribution in [2.75, 3.05) is 18.1 Å². The highest BCUT2D eigenvalue weighted by atomic mass is 32.2. The van der Waals surface area contributed by atoms with E-state index in [-0.39, 0.29) is 24.1 Å². The zero-order chi connectivity index (χ0) is 7.61. The Morgan fingerprint density at radius 3 is 2.50 bits per heavy atom. The van der Waals surface area contributed by atoms with Crippen LogP contribution in [0.1, 0.15) is 0 Å². The minimum absolute atomic E-state index is 0.00944. The monoisotopic (exact) mass is 163 g/mol.